The largest absolute Gasteiger partial charge is 0.465 e. The summed E-state index contributed by atoms with van der Waals surface area (Å²) in [5, 5.41) is 9.11. The lowest BCUT2D eigenvalue weighted by molar-refractivity contribution is -0.149. The molecule has 2 atom stereocenters. The Labute approximate surface area is 117 Å². The number of carbonyl (C=O) groups excluding carboxylic acids is 1. The van der Waals surface area contributed by atoms with Crippen LogP contribution < -0.4 is 5.73 Å². The van der Waals surface area contributed by atoms with Crippen LogP contribution in [0.15, 0.2) is 30.3 Å². The smallest absolute Gasteiger partial charge is 0.408 e. The van der Waals surface area contributed by atoms with Crippen molar-refractivity contribution in [2.75, 3.05) is 6.54 Å². The van der Waals surface area contributed by atoms with Crippen LogP contribution in [0.5, 0.6) is 0 Å². The SMILES string of the molecule is CC1(N)CC(C(=O)OCc2ccccc2)N(C(=O)O)C1. The van der Waals surface area contributed by atoms with Gasteiger partial charge in [-0.1, -0.05) is 30.3 Å². The lowest BCUT2D eigenvalue weighted by atomic mass is 10.0. The maximum Gasteiger partial charge on any atom is 0.408 e. The van der Waals surface area contributed by atoms with E-state index in [-0.39, 0.29) is 19.6 Å². The number of hydrogen-bond acceptors (Lipinski definition) is 4. The number of nitrogens with zero attached hydrogens (tertiary/aromatic N) is 1. The molecule has 108 valence electrons. The van der Waals surface area contributed by atoms with E-state index < -0.39 is 23.6 Å². The third kappa shape index (κ3) is 3.27. The number of amides is 1. The number of carbonyl (C=O) groups is 2. The lowest BCUT2D eigenvalue weighted by Gasteiger charge is -2.19. The van der Waals surface area contributed by atoms with Crippen molar-refractivity contribution in [1.29, 1.82) is 0 Å². The van der Waals surface area contributed by atoms with Crippen molar-refractivity contribution in [2.45, 2.75) is 31.5 Å². The van der Waals surface area contributed by atoms with Crippen LogP contribution in [0.4, 0.5) is 4.79 Å². The summed E-state index contributed by atoms with van der Waals surface area (Å²) >= 11 is 0. The molecule has 6 nitrogen and oxygen atoms in total. The van der Waals surface area contributed by atoms with Gasteiger partial charge in [0.25, 0.3) is 0 Å². The number of esters is 1. The Morgan fingerprint density at radius 2 is 2.10 bits per heavy atom. The Morgan fingerprint density at radius 1 is 1.45 bits per heavy atom. The lowest BCUT2D eigenvalue weighted by Crippen LogP contribution is -2.42. The third-order valence-electron chi connectivity index (χ3n) is 3.31. The molecule has 0 spiro atoms. The number of hydrogen-bond donors (Lipinski definition) is 2. The van der Waals surface area contributed by atoms with Crippen LogP contribution in [0, 0.1) is 0 Å². The maximum absolute atomic E-state index is 12.0. The van der Waals surface area contributed by atoms with Crippen LogP contribution in [0.25, 0.3) is 0 Å². The van der Waals surface area contributed by atoms with Crippen molar-refractivity contribution < 1.29 is 19.4 Å². The van der Waals surface area contributed by atoms with Crippen LogP contribution in [-0.2, 0) is 16.1 Å². The Balaban J connectivity index is 1.99. The van der Waals surface area contributed by atoms with Gasteiger partial charge in [0.2, 0.25) is 0 Å². The fourth-order valence-corrected chi connectivity index (χ4v) is 2.35. The van der Waals surface area contributed by atoms with E-state index in [0.29, 0.717) is 0 Å². The predicted molar refractivity (Wildman–Crippen MR) is 72.0 cm³/mol. The van der Waals surface area contributed by atoms with Gasteiger partial charge in [-0.25, -0.2) is 9.59 Å². The third-order valence-corrected chi connectivity index (χ3v) is 3.31. The van der Waals surface area contributed by atoms with E-state index in [9.17, 15) is 9.59 Å². The van der Waals surface area contributed by atoms with Gasteiger partial charge >= 0.3 is 12.1 Å². The maximum atomic E-state index is 12.0. The van der Waals surface area contributed by atoms with E-state index in [1.54, 1.807) is 6.92 Å². The summed E-state index contributed by atoms with van der Waals surface area (Å²) in [4.78, 5) is 24.2. The monoisotopic (exact) mass is 278 g/mol. The van der Waals surface area contributed by atoms with Gasteiger partial charge in [0.1, 0.15) is 12.6 Å². The Bertz CT molecular complexity index is 501. The highest BCUT2D eigenvalue weighted by atomic mass is 16.5. The molecule has 1 aliphatic rings. The van der Waals surface area contributed by atoms with Crippen LogP contribution >= 0.6 is 0 Å². The molecule has 3 N–H and O–H groups in total. The topological polar surface area (TPSA) is 92.9 Å². The summed E-state index contributed by atoms with van der Waals surface area (Å²) in [5.41, 5.74) is 6.09. The molecule has 0 radical (unpaired) electrons. The summed E-state index contributed by atoms with van der Waals surface area (Å²) in [6, 6.07) is 8.41. The number of rotatable bonds is 3. The van der Waals surface area contributed by atoms with Crippen molar-refractivity contribution in [2.24, 2.45) is 5.73 Å². The van der Waals surface area contributed by atoms with Crippen LogP contribution in [-0.4, -0.2) is 40.2 Å². The van der Waals surface area contributed by atoms with Gasteiger partial charge in [-0.05, 0) is 18.9 Å². The number of ether oxygens (including phenoxy) is 1. The molecule has 1 amide bonds. The van der Waals surface area contributed by atoms with Crippen molar-refractivity contribution in [1.82, 2.24) is 4.90 Å². The fourth-order valence-electron chi connectivity index (χ4n) is 2.35. The number of likely N-dealkylation sites (tertiary alicyclic amines) is 1. The second-order valence-corrected chi connectivity index (χ2v) is 5.38. The normalized spacial score (nSPS) is 25.5. The number of carboxylic acid groups (broad SMARTS) is 1. The molecule has 2 rings (SSSR count). The molecule has 1 aliphatic heterocycles. The van der Waals surface area contributed by atoms with E-state index >= 15 is 0 Å². The highest BCUT2D eigenvalue weighted by Crippen LogP contribution is 2.26. The molecule has 2 unspecified atom stereocenters. The van der Waals surface area contributed by atoms with Gasteiger partial charge in [0.15, 0.2) is 0 Å². The zero-order valence-corrected chi connectivity index (χ0v) is 11.3. The summed E-state index contributed by atoms with van der Waals surface area (Å²) in [7, 11) is 0. The predicted octanol–water partition coefficient (Wildman–Crippen LogP) is 1.20. The van der Waals surface area contributed by atoms with E-state index in [2.05, 4.69) is 0 Å². The molecule has 1 heterocycles. The zero-order valence-electron chi connectivity index (χ0n) is 11.3. The Kier molecular flexibility index (Phi) is 3.94. The Morgan fingerprint density at radius 3 is 2.70 bits per heavy atom. The molecule has 0 saturated carbocycles. The van der Waals surface area contributed by atoms with Gasteiger partial charge in [-0.15, -0.1) is 0 Å². The van der Waals surface area contributed by atoms with Crippen LogP contribution in [0.2, 0.25) is 0 Å². The van der Waals surface area contributed by atoms with Gasteiger partial charge in [0.05, 0.1) is 0 Å². The highest BCUT2D eigenvalue weighted by Gasteiger charge is 2.45. The first-order valence-electron chi connectivity index (χ1n) is 6.38. The van der Waals surface area contributed by atoms with E-state index in [1.165, 1.54) is 0 Å². The Hall–Kier alpha value is -2.08. The molecule has 0 aliphatic carbocycles. The van der Waals surface area contributed by atoms with Gasteiger partial charge < -0.3 is 15.6 Å². The summed E-state index contributed by atoms with van der Waals surface area (Å²) in [6.07, 6.45) is -0.881. The fraction of sp³-hybridized carbons (Fsp3) is 0.429. The van der Waals surface area contributed by atoms with E-state index in [1.807, 2.05) is 30.3 Å². The number of nitrogens with two attached hydrogens (primary N) is 1. The minimum atomic E-state index is -1.15. The van der Waals surface area contributed by atoms with E-state index in [0.717, 1.165) is 10.5 Å². The summed E-state index contributed by atoms with van der Waals surface area (Å²) in [6.45, 7) is 1.99. The van der Waals surface area contributed by atoms with Crippen molar-refractivity contribution in [3.8, 4) is 0 Å². The molecule has 0 bridgehead atoms. The first kappa shape index (κ1) is 14.3. The quantitative estimate of drug-likeness (QED) is 0.810. The molecule has 20 heavy (non-hydrogen) atoms. The minimum absolute atomic E-state index is 0.130. The average molecular weight is 278 g/mol. The molecular formula is C14H18N2O4. The van der Waals surface area contributed by atoms with Gasteiger partial charge in [-0.3, -0.25) is 4.90 Å². The molecule has 1 saturated heterocycles. The minimum Gasteiger partial charge on any atom is -0.465 e. The molecule has 1 aromatic rings. The zero-order chi connectivity index (χ0) is 14.8. The average Bonchev–Trinajstić information content (AvgIpc) is 2.74. The molecule has 1 aromatic carbocycles. The standard InChI is InChI=1S/C14H18N2O4/c1-14(15)7-11(16(9-14)13(18)19)12(17)20-8-10-5-3-2-4-6-10/h2-6,11H,7-9,15H2,1H3,(H,18,19). The van der Waals surface area contributed by atoms with Gasteiger partial charge in [0, 0.05) is 12.1 Å². The molecule has 6 heteroatoms. The molecule has 1 fully saturated rings. The first-order valence-corrected chi connectivity index (χ1v) is 6.38. The second kappa shape index (κ2) is 5.50. The first-order chi connectivity index (χ1) is 9.39. The highest BCUT2D eigenvalue weighted by molar-refractivity contribution is 5.82. The number of benzene rings is 1. The van der Waals surface area contributed by atoms with E-state index in [4.69, 9.17) is 15.6 Å². The van der Waals surface area contributed by atoms with Crippen molar-refractivity contribution >= 4 is 12.1 Å². The molecule has 0 aromatic heterocycles. The van der Waals surface area contributed by atoms with Crippen molar-refractivity contribution in [3.63, 3.8) is 0 Å². The van der Waals surface area contributed by atoms with Crippen molar-refractivity contribution in [3.05, 3.63) is 35.9 Å². The molecular weight excluding hydrogens is 260 g/mol. The van der Waals surface area contributed by atoms with Crippen LogP contribution in [0.1, 0.15) is 18.9 Å². The van der Waals surface area contributed by atoms with Gasteiger partial charge in [-0.2, -0.15) is 0 Å². The van der Waals surface area contributed by atoms with Crippen LogP contribution in [0.3, 0.4) is 0 Å². The summed E-state index contributed by atoms with van der Waals surface area (Å²) < 4.78 is 5.19. The summed E-state index contributed by atoms with van der Waals surface area (Å²) in [5.74, 6) is -0.551. The second-order valence-electron chi connectivity index (χ2n) is 5.38.